The minimum atomic E-state index is -0.138. The molecule has 19 heavy (non-hydrogen) atoms. The lowest BCUT2D eigenvalue weighted by molar-refractivity contribution is 0.271. The highest BCUT2D eigenvalue weighted by atomic mass is 19.1. The molecule has 1 aliphatic carbocycles. The largest absolute Gasteiger partial charge is 0.396 e. The Morgan fingerprint density at radius 3 is 2.26 bits per heavy atom. The fourth-order valence-electron chi connectivity index (χ4n) is 3.24. The second-order valence-electron chi connectivity index (χ2n) is 5.84. The van der Waals surface area contributed by atoms with Crippen LogP contribution in [-0.2, 0) is 0 Å². The van der Waals surface area contributed by atoms with E-state index in [0.29, 0.717) is 12.5 Å². The van der Waals surface area contributed by atoms with Crippen LogP contribution >= 0.6 is 0 Å². The highest BCUT2D eigenvalue weighted by molar-refractivity contribution is 5.20. The molecule has 0 spiro atoms. The average molecular weight is 264 g/mol. The zero-order chi connectivity index (χ0) is 13.5. The van der Waals surface area contributed by atoms with E-state index in [2.05, 4.69) is 0 Å². The van der Waals surface area contributed by atoms with Crippen LogP contribution in [0.2, 0.25) is 0 Å². The van der Waals surface area contributed by atoms with Crippen molar-refractivity contribution in [2.24, 2.45) is 5.92 Å². The molecule has 106 valence electrons. The highest BCUT2D eigenvalue weighted by Crippen LogP contribution is 2.37. The summed E-state index contributed by atoms with van der Waals surface area (Å²) in [4.78, 5) is 0. The van der Waals surface area contributed by atoms with E-state index < -0.39 is 0 Å². The van der Waals surface area contributed by atoms with E-state index in [-0.39, 0.29) is 5.82 Å². The predicted octanol–water partition coefficient (Wildman–Crippen LogP) is 4.65. The topological polar surface area (TPSA) is 20.2 Å². The first kappa shape index (κ1) is 14.5. The van der Waals surface area contributed by atoms with Crippen molar-refractivity contribution in [2.75, 3.05) is 6.61 Å². The van der Waals surface area contributed by atoms with Gasteiger partial charge in [0.15, 0.2) is 0 Å². The Bertz CT molecular complexity index is 352. The monoisotopic (exact) mass is 264 g/mol. The predicted molar refractivity (Wildman–Crippen MR) is 76.7 cm³/mol. The number of unbranched alkanes of at least 4 members (excludes halogenated alkanes) is 2. The first-order valence-electron chi connectivity index (χ1n) is 7.66. The summed E-state index contributed by atoms with van der Waals surface area (Å²) in [5.41, 5.74) is 1.31. The van der Waals surface area contributed by atoms with Crippen LogP contribution in [0.5, 0.6) is 0 Å². The Balaban J connectivity index is 1.71. The van der Waals surface area contributed by atoms with E-state index in [1.807, 2.05) is 12.1 Å². The lowest BCUT2D eigenvalue weighted by atomic mass is 9.77. The number of rotatable bonds is 6. The van der Waals surface area contributed by atoms with Gasteiger partial charge < -0.3 is 5.11 Å². The molecule has 0 unspecified atom stereocenters. The van der Waals surface area contributed by atoms with Crippen molar-refractivity contribution in [3.63, 3.8) is 0 Å². The molecule has 0 radical (unpaired) electrons. The lowest BCUT2D eigenvalue weighted by Crippen LogP contribution is -2.13. The number of halogens is 1. The minimum Gasteiger partial charge on any atom is -0.396 e. The minimum absolute atomic E-state index is 0.138. The van der Waals surface area contributed by atoms with Crippen molar-refractivity contribution in [1.29, 1.82) is 0 Å². The van der Waals surface area contributed by atoms with Crippen molar-refractivity contribution in [3.05, 3.63) is 35.6 Å². The van der Waals surface area contributed by atoms with Gasteiger partial charge in [0.1, 0.15) is 5.82 Å². The second kappa shape index (κ2) is 7.64. The van der Waals surface area contributed by atoms with Crippen molar-refractivity contribution in [3.8, 4) is 0 Å². The Morgan fingerprint density at radius 2 is 1.63 bits per heavy atom. The van der Waals surface area contributed by atoms with Gasteiger partial charge in [-0.15, -0.1) is 0 Å². The fourth-order valence-corrected chi connectivity index (χ4v) is 3.24. The number of hydrogen-bond acceptors (Lipinski definition) is 1. The Labute approximate surface area is 115 Å². The Hall–Kier alpha value is -0.890. The van der Waals surface area contributed by atoms with Crippen molar-refractivity contribution >= 4 is 0 Å². The first-order valence-corrected chi connectivity index (χ1v) is 7.66. The van der Waals surface area contributed by atoms with Crippen LogP contribution in [0.25, 0.3) is 0 Å². The molecule has 1 aromatic rings. The van der Waals surface area contributed by atoms with Crippen LogP contribution in [-0.4, -0.2) is 11.7 Å². The van der Waals surface area contributed by atoms with Gasteiger partial charge in [-0.1, -0.05) is 31.4 Å². The van der Waals surface area contributed by atoms with Crippen LogP contribution in [0.4, 0.5) is 4.39 Å². The second-order valence-corrected chi connectivity index (χ2v) is 5.84. The summed E-state index contributed by atoms with van der Waals surface area (Å²) in [7, 11) is 0. The summed E-state index contributed by atoms with van der Waals surface area (Å²) < 4.78 is 12.9. The van der Waals surface area contributed by atoms with Crippen molar-refractivity contribution in [2.45, 2.75) is 57.3 Å². The molecule has 2 rings (SSSR count). The van der Waals surface area contributed by atoms with Gasteiger partial charge >= 0.3 is 0 Å². The molecule has 1 nitrogen and oxygen atoms in total. The number of hydrogen-bond donors (Lipinski definition) is 1. The summed E-state index contributed by atoms with van der Waals surface area (Å²) in [5, 5.41) is 8.76. The molecule has 0 amide bonds. The standard InChI is InChI=1S/C17H25FO/c18-17-11-9-16(10-12-17)15-7-5-14(6-8-15)4-2-1-3-13-19/h9-12,14-15,19H,1-8,13H2. The third-order valence-electron chi connectivity index (χ3n) is 4.46. The van der Waals surface area contributed by atoms with Gasteiger partial charge in [-0.25, -0.2) is 4.39 Å². The van der Waals surface area contributed by atoms with E-state index in [9.17, 15) is 4.39 Å². The van der Waals surface area contributed by atoms with Crippen LogP contribution in [0.1, 0.15) is 62.8 Å². The fraction of sp³-hybridized carbons (Fsp3) is 0.647. The molecule has 0 bridgehead atoms. The maximum atomic E-state index is 12.9. The highest BCUT2D eigenvalue weighted by Gasteiger charge is 2.21. The van der Waals surface area contributed by atoms with E-state index >= 15 is 0 Å². The first-order chi connectivity index (χ1) is 9.29. The van der Waals surface area contributed by atoms with Crippen molar-refractivity contribution < 1.29 is 9.50 Å². The van der Waals surface area contributed by atoms with Gasteiger partial charge in [-0.2, -0.15) is 0 Å². The van der Waals surface area contributed by atoms with Crippen LogP contribution in [0.3, 0.4) is 0 Å². The van der Waals surface area contributed by atoms with Gasteiger partial charge in [0.25, 0.3) is 0 Å². The summed E-state index contributed by atoms with van der Waals surface area (Å²) in [6.07, 6.45) is 9.79. The summed E-state index contributed by atoms with van der Waals surface area (Å²) in [5.74, 6) is 1.37. The quantitative estimate of drug-likeness (QED) is 0.741. The molecule has 1 aliphatic rings. The molecular formula is C17H25FO. The van der Waals surface area contributed by atoms with E-state index in [1.165, 1.54) is 44.1 Å². The number of benzene rings is 1. The Kier molecular flexibility index (Phi) is 5.84. The molecule has 0 heterocycles. The zero-order valence-electron chi connectivity index (χ0n) is 11.7. The molecule has 1 fully saturated rings. The van der Waals surface area contributed by atoms with Crippen molar-refractivity contribution in [1.82, 2.24) is 0 Å². The van der Waals surface area contributed by atoms with Crippen LogP contribution in [0.15, 0.2) is 24.3 Å². The third kappa shape index (κ3) is 4.61. The normalized spacial score (nSPS) is 23.5. The molecule has 1 aromatic carbocycles. The molecule has 1 N–H and O–H groups in total. The third-order valence-corrected chi connectivity index (χ3v) is 4.46. The molecule has 0 aromatic heterocycles. The molecule has 1 saturated carbocycles. The van der Waals surface area contributed by atoms with Crippen LogP contribution in [0, 0.1) is 11.7 Å². The van der Waals surface area contributed by atoms with Gasteiger partial charge in [-0.05, 0) is 61.6 Å². The van der Waals surface area contributed by atoms with E-state index in [1.54, 1.807) is 12.1 Å². The Morgan fingerprint density at radius 1 is 0.947 bits per heavy atom. The number of aliphatic hydroxyl groups is 1. The SMILES string of the molecule is OCCCCCC1CCC(c2ccc(F)cc2)CC1. The van der Waals surface area contributed by atoms with Gasteiger partial charge in [0, 0.05) is 6.61 Å². The number of aliphatic hydroxyl groups excluding tert-OH is 1. The lowest BCUT2D eigenvalue weighted by Gasteiger charge is -2.28. The molecule has 0 atom stereocenters. The van der Waals surface area contributed by atoms with Crippen LogP contribution < -0.4 is 0 Å². The molecular weight excluding hydrogens is 239 g/mol. The zero-order valence-corrected chi connectivity index (χ0v) is 11.7. The smallest absolute Gasteiger partial charge is 0.123 e. The maximum Gasteiger partial charge on any atom is 0.123 e. The molecule has 0 aliphatic heterocycles. The summed E-state index contributed by atoms with van der Waals surface area (Å²) in [6, 6.07) is 7.05. The van der Waals surface area contributed by atoms with Gasteiger partial charge in [0.05, 0.1) is 0 Å². The maximum absolute atomic E-state index is 12.9. The summed E-state index contributed by atoms with van der Waals surface area (Å²) in [6.45, 7) is 0.331. The van der Waals surface area contributed by atoms with E-state index in [4.69, 9.17) is 5.11 Å². The summed E-state index contributed by atoms with van der Waals surface area (Å²) >= 11 is 0. The van der Waals surface area contributed by atoms with Gasteiger partial charge in [0.2, 0.25) is 0 Å². The molecule has 2 heteroatoms. The van der Waals surface area contributed by atoms with Gasteiger partial charge in [-0.3, -0.25) is 0 Å². The van der Waals surface area contributed by atoms with E-state index in [0.717, 1.165) is 18.8 Å². The molecule has 0 saturated heterocycles. The average Bonchev–Trinajstić information content (AvgIpc) is 2.45.